The van der Waals surface area contributed by atoms with Gasteiger partial charge < -0.3 is 4.74 Å². The zero-order valence-electron chi connectivity index (χ0n) is 23.9. The Morgan fingerprint density at radius 2 is 1.11 bits per heavy atom. The summed E-state index contributed by atoms with van der Waals surface area (Å²) in [7, 11) is 0. The smallest absolute Gasteiger partial charge is 0.426 e. The normalized spacial score (nSPS) is 11.6. The van der Waals surface area contributed by atoms with Gasteiger partial charge in [-0.1, -0.05) is 68.3 Å². The summed E-state index contributed by atoms with van der Waals surface area (Å²) in [6.07, 6.45) is -0.147. The topological polar surface area (TPSA) is 9.23 Å². The van der Waals surface area contributed by atoms with Crippen molar-refractivity contribution in [1.82, 2.24) is 0 Å². The van der Waals surface area contributed by atoms with Crippen molar-refractivity contribution in [2.75, 3.05) is 0 Å². The van der Waals surface area contributed by atoms with E-state index >= 15 is 13.2 Å². The van der Waals surface area contributed by atoms with Crippen molar-refractivity contribution in [3.05, 3.63) is 137 Å². The fourth-order valence-electron chi connectivity index (χ4n) is 5.01. The summed E-state index contributed by atoms with van der Waals surface area (Å²) in [4.78, 5) is 0. The van der Waals surface area contributed by atoms with Crippen molar-refractivity contribution in [3.63, 3.8) is 0 Å². The van der Waals surface area contributed by atoms with Crippen molar-refractivity contribution >= 4 is 0 Å². The maximum Gasteiger partial charge on any atom is 0.426 e. The van der Waals surface area contributed by atoms with E-state index in [1.165, 1.54) is 48.5 Å². The first-order valence-electron chi connectivity index (χ1n) is 14.2. The average Bonchev–Trinajstić information content (AvgIpc) is 3.00. The minimum Gasteiger partial charge on any atom is -0.429 e. The van der Waals surface area contributed by atoms with Crippen LogP contribution in [0.25, 0.3) is 33.4 Å². The molecular formula is C36H26F8O. The highest BCUT2D eigenvalue weighted by Crippen LogP contribution is 2.37. The Labute approximate surface area is 254 Å². The van der Waals surface area contributed by atoms with Crippen LogP contribution in [0.3, 0.4) is 0 Å². The number of hydrogen-bond acceptors (Lipinski definition) is 1. The van der Waals surface area contributed by atoms with Crippen molar-refractivity contribution in [3.8, 4) is 39.1 Å². The first-order chi connectivity index (χ1) is 21.5. The first-order valence-corrected chi connectivity index (χ1v) is 14.2. The van der Waals surface area contributed by atoms with E-state index in [2.05, 4.69) is 6.92 Å². The van der Waals surface area contributed by atoms with E-state index in [0.29, 0.717) is 23.3 Å². The molecule has 0 atom stereocenters. The third kappa shape index (κ3) is 7.03. The summed E-state index contributed by atoms with van der Waals surface area (Å²) in [5, 5.41) is 0. The van der Waals surface area contributed by atoms with Gasteiger partial charge in [0.1, 0.15) is 23.2 Å². The Bertz CT molecular complexity index is 1770. The third-order valence-corrected chi connectivity index (χ3v) is 7.39. The van der Waals surface area contributed by atoms with E-state index in [0.717, 1.165) is 49.4 Å². The summed E-state index contributed by atoms with van der Waals surface area (Å²) in [6, 6.07) is 17.7. The van der Waals surface area contributed by atoms with Crippen LogP contribution < -0.4 is 4.74 Å². The van der Waals surface area contributed by atoms with Gasteiger partial charge in [0.15, 0.2) is 17.5 Å². The molecule has 0 aliphatic heterocycles. The van der Waals surface area contributed by atoms with E-state index in [1.54, 1.807) is 12.1 Å². The molecule has 0 aromatic heterocycles. The molecule has 0 aliphatic rings. The van der Waals surface area contributed by atoms with Crippen LogP contribution in [0.4, 0.5) is 35.1 Å². The zero-order valence-corrected chi connectivity index (χ0v) is 23.9. The highest BCUT2D eigenvalue weighted by atomic mass is 19.3. The molecule has 232 valence electrons. The molecule has 5 aromatic carbocycles. The molecule has 0 saturated carbocycles. The number of benzene rings is 5. The zero-order chi connectivity index (χ0) is 32.3. The quantitative estimate of drug-likeness (QED) is 0.0852. The lowest BCUT2D eigenvalue weighted by Crippen LogP contribution is -2.22. The molecule has 0 heterocycles. The van der Waals surface area contributed by atoms with Crippen LogP contribution >= 0.6 is 0 Å². The molecule has 0 fully saturated rings. The molecule has 5 rings (SSSR count). The molecule has 0 bridgehead atoms. The lowest BCUT2D eigenvalue weighted by molar-refractivity contribution is -0.185. The fourth-order valence-corrected chi connectivity index (χ4v) is 5.01. The van der Waals surface area contributed by atoms with Crippen molar-refractivity contribution in [2.24, 2.45) is 0 Å². The maximum atomic E-state index is 15.2. The standard InChI is InChI=1S/C36H26F8O/c1-2-3-4-5-21-6-13-26(14-7-21)36(43,44)45-27-19-30(38)34(31(39)20-27)24-12-15-28(29(37)16-24)23-10-8-22(9-11-23)25-17-32(40)35(42)33(41)18-25/h6-20H,2-5H2,1H3. The van der Waals surface area contributed by atoms with Crippen LogP contribution in [0, 0.1) is 34.9 Å². The van der Waals surface area contributed by atoms with Gasteiger partial charge >= 0.3 is 6.11 Å². The van der Waals surface area contributed by atoms with E-state index < -0.39 is 57.9 Å². The Kier molecular flexibility index (Phi) is 9.27. The first kappa shape index (κ1) is 31.8. The second-order valence-electron chi connectivity index (χ2n) is 10.6. The van der Waals surface area contributed by atoms with Crippen LogP contribution in [0.1, 0.15) is 37.3 Å². The van der Waals surface area contributed by atoms with Crippen molar-refractivity contribution in [1.29, 1.82) is 0 Å². The van der Waals surface area contributed by atoms with Crippen LogP contribution in [0.5, 0.6) is 5.75 Å². The highest BCUT2D eigenvalue weighted by molar-refractivity contribution is 5.74. The lowest BCUT2D eigenvalue weighted by atomic mass is 9.97. The Morgan fingerprint density at radius 1 is 0.556 bits per heavy atom. The molecule has 0 aliphatic carbocycles. The summed E-state index contributed by atoms with van der Waals surface area (Å²) >= 11 is 0. The Morgan fingerprint density at radius 3 is 1.69 bits per heavy atom. The summed E-state index contributed by atoms with van der Waals surface area (Å²) in [5.41, 5.74) is 0.392. The molecule has 0 radical (unpaired) electrons. The number of unbranched alkanes of at least 4 members (excludes halogenated alkanes) is 2. The van der Waals surface area contributed by atoms with E-state index in [-0.39, 0.29) is 16.7 Å². The highest BCUT2D eigenvalue weighted by Gasteiger charge is 2.35. The molecule has 1 nitrogen and oxygen atoms in total. The Hall–Kier alpha value is -4.66. The number of halogens is 8. The van der Waals surface area contributed by atoms with Crippen molar-refractivity contribution < 1.29 is 39.9 Å². The van der Waals surface area contributed by atoms with Crippen LogP contribution in [-0.2, 0) is 12.5 Å². The van der Waals surface area contributed by atoms with Gasteiger partial charge in [0.05, 0.1) is 11.1 Å². The van der Waals surface area contributed by atoms with Gasteiger partial charge in [-0.3, -0.25) is 0 Å². The van der Waals surface area contributed by atoms with Gasteiger partial charge in [-0.2, -0.15) is 8.78 Å². The van der Waals surface area contributed by atoms with Crippen molar-refractivity contribution in [2.45, 2.75) is 38.7 Å². The van der Waals surface area contributed by atoms with Gasteiger partial charge in [-0.25, -0.2) is 26.3 Å². The number of rotatable bonds is 10. The van der Waals surface area contributed by atoms with E-state index in [9.17, 15) is 22.0 Å². The molecule has 0 saturated heterocycles. The second-order valence-corrected chi connectivity index (χ2v) is 10.6. The molecular weight excluding hydrogens is 600 g/mol. The summed E-state index contributed by atoms with van der Waals surface area (Å²) in [5.74, 6) is -8.36. The fraction of sp³-hybridized carbons (Fsp3) is 0.167. The van der Waals surface area contributed by atoms with Gasteiger partial charge in [0.2, 0.25) is 0 Å². The molecule has 0 amide bonds. The number of aryl methyl sites for hydroxylation is 1. The van der Waals surface area contributed by atoms with Gasteiger partial charge in [0, 0.05) is 17.7 Å². The monoisotopic (exact) mass is 626 g/mol. The lowest BCUT2D eigenvalue weighted by Gasteiger charge is -2.19. The third-order valence-electron chi connectivity index (χ3n) is 7.39. The number of hydrogen-bond donors (Lipinski definition) is 0. The molecule has 9 heteroatoms. The minimum absolute atomic E-state index is 0.0542. The van der Waals surface area contributed by atoms with E-state index in [4.69, 9.17) is 4.74 Å². The molecule has 5 aromatic rings. The summed E-state index contributed by atoms with van der Waals surface area (Å²) in [6.45, 7) is 2.06. The molecule has 0 unspecified atom stereocenters. The maximum absolute atomic E-state index is 15.2. The van der Waals surface area contributed by atoms with Gasteiger partial charge in [-0.15, -0.1) is 0 Å². The minimum atomic E-state index is -3.87. The average molecular weight is 627 g/mol. The van der Waals surface area contributed by atoms with Gasteiger partial charge in [0.25, 0.3) is 0 Å². The van der Waals surface area contributed by atoms with Gasteiger partial charge in [-0.05, 0) is 71.0 Å². The summed E-state index contributed by atoms with van der Waals surface area (Å²) < 4.78 is 120. The number of alkyl halides is 2. The predicted octanol–water partition coefficient (Wildman–Crippen LogP) is 11.4. The van der Waals surface area contributed by atoms with E-state index in [1.807, 2.05) is 0 Å². The predicted molar refractivity (Wildman–Crippen MR) is 157 cm³/mol. The van der Waals surface area contributed by atoms with Crippen LogP contribution in [0.2, 0.25) is 0 Å². The van der Waals surface area contributed by atoms with Crippen LogP contribution in [-0.4, -0.2) is 0 Å². The molecule has 0 N–H and O–H groups in total. The largest absolute Gasteiger partial charge is 0.429 e. The SMILES string of the molecule is CCCCCc1ccc(C(F)(F)Oc2cc(F)c(-c3ccc(-c4ccc(-c5cc(F)c(F)c(F)c5)cc4)c(F)c3)c(F)c2)cc1. The molecule has 45 heavy (non-hydrogen) atoms. The van der Waals surface area contributed by atoms with Crippen LogP contribution in [0.15, 0.2) is 91.0 Å². The second kappa shape index (κ2) is 13.1. The Balaban J connectivity index is 1.34. The number of ether oxygens (including phenoxy) is 1. The molecule has 0 spiro atoms.